The summed E-state index contributed by atoms with van der Waals surface area (Å²) in [6.07, 6.45) is 0.989. The van der Waals surface area contributed by atoms with Crippen LogP contribution in [0.1, 0.15) is 11.1 Å². The summed E-state index contributed by atoms with van der Waals surface area (Å²) in [7, 11) is 1.63. The van der Waals surface area contributed by atoms with Crippen LogP contribution in [-0.4, -0.2) is 31.1 Å². The molecule has 1 saturated heterocycles. The molecule has 24 heavy (non-hydrogen) atoms. The molecule has 0 saturated carbocycles. The first-order valence-electron chi connectivity index (χ1n) is 8.01. The van der Waals surface area contributed by atoms with E-state index >= 15 is 0 Å². The highest BCUT2D eigenvalue weighted by Crippen LogP contribution is 2.28. The van der Waals surface area contributed by atoms with Crippen molar-refractivity contribution in [3.05, 3.63) is 58.1 Å². The first-order chi connectivity index (χ1) is 11.6. The van der Waals surface area contributed by atoms with Gasteiger partial charge in [-0.3, -0.25) is 0 Å². The third kappa shape index (κ3) is 3.56. The van der Waals surface area contributed by atoms with Gasteiger partial charge in [-0.25, -0.2) is 4.79 Å². The second-order valence-electron chi connectivity index (χ2n) is 6.13. The lowest BCUT2D eigenvalue weighted by Gasteiger charge is -2.39. The Labute approximate surface area is 150 Å². The van der Waals surface area contributed by atoms with Crippen molar-refractivity contribution in [3.63, 3.8) is 0 Å². The van der Waals surface area contributed by atoms with E-state index in [2.05, 4.69) is 39.4 Å². The average Bonchev–Trinajstić information content (AvgIpc) is 2.54. The molecule has 1 aliphatic heterocycles. The van der Waals surface area contributed by atoms with Crippen LogP contribution in [0.5, 0.6) is 5.75 Å². The number of halogens is 1. The van der Waals surface area contributed by atoms with Crippen LogP contribution in [0, 0.1) is 12.8 Å². The summed E-state index contributed by atoms with van der Waals surface area (Å²) in [6, 6.07) is 13.9. The molecule has 0 unspecified atom stereocenters. The Bertz CT molecular complexity index is 742. The summed E-state index contributed by atoms with van der Waals surface area (Å²) in [5, 5.41) is 2.98. The van der Waals surface area contributed by atoms with Crippen molar-refractivity contribution >= 4 is 27.6 Å². The summed E-state index contributed by atoms with van der Waals surface area (Å²) >= 11 is 3.58. The number of hydrogen-bond donors (Lipinski definition) is 1. The van der Waals surface area contributed by atoms with E-state index in [1.165, 1.54) is 5.56 Å². The Kier molecular flexibility index (Phi) is 5.09. The number of anilines is 1. The first kappa shape index (κ1) is 16.8. The summed E-state index contributed by atoms with van der Waals surface area (Å²) in [4.78, 5) is 14.2. The van der Waals surface area contributed by atoms with Gasteiger partial charge in [-0.05, 0) is 43.0 Å². The lowest BCUT2D eigenvalue weighted by molar-refractivity contribution is 0.131. The minimum absolute atomic E-state index is 0.0465. The highest BCUT2D eigenvalue weighted by molar-refractivity contribution is 9.10. The van der Waals surface area contributed by atoms with Crippen molar-refractivity contribution in [2.24, 2.45) is 5.92 Å². The fraction of sp³-hybridized carbons (Fsp3) is 0.316. The number of ether oxygens (including phenoxy) is 1. The maximum absolute atomic E-state index is 12.4. The summed E-state index contributed by atoms with van der Waals surface area (Å²) in [6.45, 7) is 3.52. The fourth-order valence-electron chi connectivity index (χ4n) is 3.01. The van der Waals surface area contributed by atoms with E-state index in [1.807, 2.05) is 36.1 Å². The molecule has 0 aromatic heterocycles. The van der Waals surface area contributed by atoms with E-state index in [-0.39, 0.29) is 6.03 Å². The van der Waals surface area contributed by atoms with Gasteiger partial charge in [0.1, 0.15) is 5.75 Å². The number of nitrogens with one attached hydrogen (secondary N) is 1. The number of methoxy groups -OCH3 is 1. The molecule has 0 atom stereocenters. The van der Waals surface area contributed by atoms with Gasteiger partial charge < -0.3 is 15.0 Å². The number of nitrogens with zero attached hydrogens (tertiary/aromatic N) is 1. The second kappa shape index (κ2) is 7.26. The van der Waals surface area contributed by atoms with Crippen LogP contribution in [0.4, 0.5) is 10.5 Å². The molecule has 0 radical (unpaired) electrons. The molecule has 0 bridgehead atoms. The molecule has 2 aromatic carbocycles. The van der Waals surface area contributed by atoms with Gasteiger partial charge in [0, 0.05) is 28.8 Å². The third-order valence-corrected chi connectivity index (χ3v) is 5.23. The van der Waals surface area contributed by atoms with E-state index in [0.29, 0.717) is 5.92 Å². The Morgan fingerprint density at radius 1 is 1.25 bits per heavy atom. The second-order valence-corrected chi connectivity index (χ2v) is 6.98. The number of rotatable bonds is 4. The van der Waals surface area contributed by atoms with Crippen LogP contribution in [0.15, 0.2) is 46.9 Å². The molecular weight excluding hydrogens is 368 g/mol. The van der Waals surface area contributed by atoms with Gasteiger partial charge in [-0.1, -0.05) is 40.2 Å². The van der Waals surface area contributed by atoms with E-state index in [1.54, 1.807) is 7.11 Å². The van der Waals surface area contributed by atoms with E-state index in [4.69, 9.17) is 4.74 Å². The lowest BCUT2D eigenvalue weighted by Crippen LogP contribution is -2.52. The Hall–Kier alpha value is -2.01. The van der Waals surface area contributed by atoms with Crippen molar-refractivity contribution in [1.82, 2.24) is 4.90 Å². The highest BCUT2D eigenvalue weighted by Gasteiger charge is 2.31. The zero-order valence-corrected chi connectivity index (χ0v) is 15.5. The van der Waals surface area contributed by atoms with E-state index in [0.717, 1.165) is 41.0 Å². The quantitative estimate of drug-likeness (QED) is 0.838. The van der Waals surface area contributed by atoms with Crippen LogP contribution >= 0.6 is 15.9 Å². The molecule has 1 heterocycles. The maximum Gasteiger partial charge on any atom is 0.321 e. The number of benzene rings is 2. The Morgan fingerprint density at radius 2 is 2.00 bits per heavy atom. The molecule has 1 N–H and O–H groups in total. The van der Waals surface area contributed by atoms with Gasteiger partial charge >= 0.3 is 6.03 Å². The molecule has 126 valence electrons. The highest BCUT2D eigenvalue weighted by atomic mass is 79.9. The van der Waals surface area contributed by atoms with Crippen molar-refractivity contribution in [1.29, 1.82) is 0 Å². The van der Waals surface area contributed by atoms with Gasteiger partial charge in [0.15, 0.2) is 0 Å². The van der Waals surface area contributed by atoms with Crippen LogP contribution in [0.3, 0.4) is 0 Å². The number of carbonyl (C=O) groups excluding carboxylic acids is 1. The zero-order chi connectivity index (χ0) is 17.1. The molecular formula is C19H21BrN2O2. The normalized spacial score (nSPS) is 14.2. The van der Waals surface area contributed by atoms with E-state index < -0.39 is 0 Å². The molecule has 1 fully saturated rings. The minimum atomic E-state index is -0.0465. The average molecular weight is 389 g/mol. The van der Waals surface area contributed by atoms with Gasteiger partial charge in [0.2, 0.25) is 0 Å². The topological polar surface area (TPSA) is 41.6 Å². The van der Waals surface area contributed by atoms with Crippen LogP contribution in [-0.2, 0) is 6.42 Å². The summed E-state index contributed by atoms with van der Waals surface area (Å²) < 4.78 is 6.43. The number of hydrogen-bond acceptors (Lipinski definition) is 2. The van der Waals surface area contributed by atoms with Crippen LogP contribution < -0.4 is 10.1 Å². The SMILES string of the molecule is COc1cccc(NC(=O)N2CC(Cc3ccccc3Br)C2)c1C. The monoisotopic (exact) mass is 388 g/mol. The number of carbonyl (C=O) groups is 1. The number of urea groups is 1. The summed E-state index contributed by atoms with van der Waals surface area (Å²) in [5.74, 6) is 1.30. The van der Waals surface area contributed by atoms with Crippen LogP contribution in [0.25, 0.3) is 0 Å². The van der Waals surface area contributed by atoms with Gasteiger partial charge in [0.05, 0.1) is 7.11 Å². The van der Waals surface area contributed by atoms with Crippen LogP contribution in [0.2, 0.25) is 0 Å². The minimum Gasteiger partial charge on any atom is -0.496 e. The predicted octanol–water partition coefficient (Wildman–Crippen LogP) is 4.47. The largest absolute Gasteiger partial charge is 0.496 e. The van der Waals surface area contributed by atoms with Gasteiger partial charge in [-0.2, -0.15) is 0 Å². The van der Waals surface area contributed by atoms with Crippen molar-refractivity contribution in [3.8, 4) is 5.75 Å². The number of amides is 2. The summed E-state index contributed by atoms with van der Waals surface area (Å²) in [5.41, 5.74) is 3.04. The molecule has 2 amide bonds. The molecule has 0 aliphatic carbocycles. The Morgan fingerprint density at radius 3 is 2.71 bits per heavy atom. The number of likely N-dealkylation sites (tertiary alicyclic amines) is 1. The Balaban J connectivity index is 1.55. The third-order valence-electron chi connectivity index (χ3n) is 4.46. The van der Waals surface area contributed by atoms with Gasteiger partial charge in [-0.15, -0.1) is 0 Å². The molecule has 2 aromatic rings. The lowest BCUT2D eigenvalue weighted by atomic mass is 9.92. The van der Waals surface area contributed by atoms with Gasteiger partial charge in [0.25, 0.3) is 0 Å². The maximum atomic E-state index is 12.4. The predicted molar refractivity (Wildman–Crippen MR) is 99.7 cm³/mol. The van der Waals surface area contributed by atoms with E-state index in [9.17, 15) is 4.79 Å². The molecule has 5 heteroatoms. The van der Waals surface area contributed by atoms with Crippen molar-refractivity contribution in [2.45, 2.75) is 13.3 Å². The molecule has 3 rings (SSSR count). The van der Waals surface area contributed by atoms with Crippen molar-refractivity contribution in [2.75, 3.05) is 25.5 Å². The van der Waals surface area contributed by atoms with Crippen molar-refractivity contribution < 1.29 is 9.53 Å². The molecule has 0 spiro atoms. The fourth-order valence-corrected chi connectivity index (χ4v) is 3.45. The first-order valence-corrected chi connectivity index (χ1v) is 8.80. The smallest absolute Gasteiger partial charge is 0.321 e. The molecule has 1 aliphatic rings. The standard InChI is InChI=1S/C19H21BrN2O2/c1-13-17(8-5-9-18(13)24-2)21-19(23)22-11-14(12-22)10-15-6-3-4-7-16(15)20/h3-9,14H,10-12H2,1-2H3,(H,21,23). The molecule has 4 nitrogen and oxygen atoms in total. The zero-order valence-electron chi connectivity index (χ0n) is 13.9.